The lowest BCUT2D eigenvalue weighted by Gasteiger charge is -2.26. The minimum atomic E-state index is -0.530. The van der Waals surface area contributed by atoms with E-state index in [4.69, 9.17) is 0 Å². The van der Waals surface area contributed by atoms with Crippen molar-refractivity contribution in [2.75, 3.05) is 5.32 Å². The molecule has 0 saturated carbocycles. The molecule has 2 amide bonds. The third-order valence-corrected chi connectivity index (χ3v) is 5.48. The molecule has 4 rings (SSSR count). The van der Waals surface area contributed by atoms with Gasteiger partial charge in [-0.05, 0) is 58.5 Å². The molecule has 0 radical (unpaired) electrons. The van der Waals surface area contributed by atoms with Gasteiger partial charge in [0.05, 0.1) is 11.9 Å². The zero-order valence-electron chi connectivity index (χ0n) is 14.2. The fourth-order valence-electron chi connectivity index (χ4n) is 3.63. The molecule has 2 aromatic rings. The van der Waals surface area contributed by atoms with Gasteiger partial charge in [-0.1, -0.05) is 6.08 Å². The van der Waals surface area contributed by atoms with Crippen molar-refractivity contribution in [2.24, 2.45) is 5.92 Å². The van der Waals surface area contributed by atoms with Crippen LogP contribution in [0.1, 0.15) is 41.2 Å². The molecule has 1 fully saturated rings. The first-order chi connectivity index (χ1) is 13.0. The van der Waals surface area contributed by atoms with Crippen molar-refractivity contribution in [1.29, 1.82) is 0 Å². The van der Waals surface area contributed by atoms with Crippen LogP contribution in [0.25, 0.3) is 0 Å². The van der Waals surface area contributed by atoms with E-state index in [0.717, 1.165) is 24.1 Å². The summed E-state index contributed by atoms with van der Waals surface area (Å²) < 4.78 is 13.3. The number of hydrogen-bond acceptors (Lipinski definition) is 4. The van der Waals surface area contributed by atoms with E-state index in [0.29, 0.717) is 12.1 Å². The number of aromatic nitrogens is 2. The maximum atomic E-state index is 13.3. The Hall–Kier alpha value is -2.61. The lowest BCUT2D eigenvalue weighted by molar-refractivity contribution is -0.119. The van der Waals surface area contributed by atoms with Gasteiger partial charge in [0.1, 0.15) is 10.3 Å². The van der Waals surface area contributed by atoms with E-state index in [2.05, 4.69) is 42.6 Å². The molecule has 138 valence electrons. The van der Waals surface area contributed by atoms with E-state index in [1.807, 2.05) is 6.07 Å². The zero-order valence-corrected chi connectivity index (χ0v) is 15.8. The molecular formula is C19H16BrFN4O2. The highest BCUT2D eigenvalue weighted by Crippen LogP contribution is 2.41. The van der Waals surface area contributed by atoms with Gasteiger partial charge in [-0.25, -0.2) is 9.37 Å². The first-order valence-corrected chi connectivity index (χ1v) is 9.38. The van der Waals surface area contributed by atoms with Gasteiger partial charge in [0.25, 0.3) is 5.91 Å². The number of rotatable bonds is 3. The van der Waals surface area contributed by atoms with Crippen molar-refractivity contribution in [3.8, 4) is 0 Å². The molecule has 2 N–H and O–H groups in total. The van der Waals surface area contributed by atoms with Crippen molar-refractivity contribution in [2.45, 2.75) is 25.2 Å². The fraction of sp³-hybridized carbons (Fsp3) is 0.263. The maximum Gasteiger partial charge on any atom is 0.274 e. The van der Waals surface area contributed by atoms with Crippen LogP contribution in [0.15, 0.2) is 47.0 Å². The summed E-state index contributed by atoms with van der Waals surface area (Å²) in [4.78, 5) is 32.2. The predicted molar refractivity (Wildman–Crippen MR) is 100 cm³/mol. The largest absolute Gasteiger partial charge is 0.330 e. The summed E-state index contributed by atoms with van der Waals surface area (Å²) in [5.41, 5.74) is 2.68. The zero-order chi connectivity index (χ0) is 19.0. The number of amides is 2. The molecule has 6 nitrogen and oxygen atoms in total. The second kappa shape index (κ2) is 7.19. The second-order valence-corrected chi connectivity index (χ2v) is 7.41. The summed E-state index contributed by atoms with van der Waals surface area (Å²) in [6.07, 6.45) is 7.46. The molecule has 1 aliphatic heterocycles. The van der Waals surface area contributed by atoms with Crippen molar-refractivity contribution in [3.05, 3.63) is 64.0 Å². The van der Waals surface area contributed by atoms with E-state index >= 15 is 0 Å². The number of nitrogens with one attached hydrogen (secondary N) is 2. The molecule has 2 atom stereocenters. The molecule has 27 heavy (non-hydrogen) atoms. The smallest absolute Gasteiger partial charge is 0.274 e. The molecule has 2 aliphatic rings. The van der Waals surface area contributed by atoms with Gasteiger partial charge < -0.3 is 10.6 Å². The molecule has 1 aliphatic carbocycles. The number of fused-ring (bicyclic) bond motifs is 1. The summed E-state index contributed by atoms with van der Waals surface area (Å²) in [5, 5.41) is 5.73. The Labute approximate surface area is 163 Å². The molecule has 8 heteroatoms. The van der Waals surface area contributed by atoms with E-state index < -0.39 is 11.7 Å². The van der Waals surface area contributed by atoms with E-state index in [1.165, 1.54) is 12.1 Å². The van der Waals surface area contributed by atoms with Crippen LogP contribution < -0.4 is 10.6 Å². The number of halogens is 2. The van der Waals surface area contributed by atoms with Gasteiger partial charge in [0.2, 0.25) is 5.91 Å². The third kappa shape index (κ3) is 3.62. The molecule has 0 bridgehead atoms. The number of nitrogens with zero attached hydrogens (tertiary/aromatic N) is 2. The minimum absolute atomic E-state index is 0.00934. The lowest BCUT2D eigenvalue weighted by atomic mass is 9.80. The standard InChI is InChI=1S/C19H16BrFN4O2/c20-18-13(21)2-4-15(24-18)19(27)25-16-9-22-6-5-12(16)10-1-3-14-11(7-10)8-17(26)23-14/h2-6,9-11H,1,7-8H2,(H,23,26)(H,25,27). The summed E-state index contributed by atoms with van der Waals surface area (Å²) in [6.45, 7) is 0. The van der Waals surface area contributed by atoms with Crippen LogP contribution in [0, 0.1) is 11.7 Å². The molecule has 0 spiro atoms. The Morgan fingerprint density at radius 2 is 2.15 bits per heavy atom. The molecule has 1 saturated heterocycles. The summed E-state index contributed by atoms with van der Waals surface area (Å²) >= 11 is 2.99. The topological polar surface area (TPSA) is 84.0 Å². The summed E-state index contributed by atoms with van der Waals surface area (Å²) in [6, 6.07) is 4.40. The monoisotopic (exact) mass is 430 g/mol. The van der Waals surface area contributed by atoms with Crippen molar-refractivity contribution in [3.63, 3.8) is 0 Å². The summed E-state index contributed by atoms with van der Waals surface area (Å²) in [5.74, 6) is -0.531. The van der Waals surface area contributed by atoms with Gasteiger partial charge in [0, 0.05) is 24.2 Å². The van der Waals surface area contributed by atoms with Crippen LogP contribution in [0.5, 0.6) is 0 Å². The average molecular weight is 431 g/mol. The van der Waals surface area contributed by atoms with Gasteiger partial charge in [-0.3, -0.25) is 14.6 Å². The highest BCUT2D eigenvalue weighted by Gasteiger charge is 2.33. The van der Waals surface area contributed by atoms with Crippen molar-refractivity contribution < 1.29 is 14.0 Å². The van der Waals surface area contributed by atoms with Crippen LogP contribution in [0.2, 0.25) is 0 Å². The minimum Gasteiger partial charge on any atom is -0.330 e. The average Bonchev–Trinajstić information content (AvgIpc) is 3.03. The molecule has 2 aromatic heterocycles. The van der Waals surface area contributed by atoms with Crippen molar-refractivity contribution >= 4 is 33.4 Å². The predicted octanol–water partition coefficient (Wildman–Crippen LogP) is 3.53. The SMILES string of the molecule is O=C1CC2CC(c3ccncc3NC(=O)c3ccc(F)c(Br)n3)CC=C2N1. The van der Waals surface area contributed by atoms with Gasteiger partial charge >= 0.3 is 0 Å². The van der Waals surface area contributed by atoms with Crippen LogP contribution in [0.3, 0.4) is 0 Å². The molecule has 3 heterocycles. The first kappa shape index (κ1) is 17.8. The third-order valence-electron chi connectivity index (χ3n) is 4.93. The van der Waals surface area contributed by atoms with E-state index in [9.17, 15) is 14.0 Å². The van der Waals surface area contributed by atoms with Crippen LogP contribution >= 0.6 is 15.9 Å². The van der Waals surface area contributed by atoms with E-state index in [1.54, 1.807) is 12.4 Å². The van der Waals surface area contributed by atoms with Crippen LogP contribution in [-0.2, 0) is 4.79 Å². The van der Waals surface area contributed by atoms with Gasteiger partial charge in [-0.2, -0.15) is 0 Å². The van der Waals surface area contributed by atoms with E-state index in [-0.39, 0.29) is 28.0 Å². The first-order valence-electron chi connectivity index (χ1n) is 8.58. The Balaban J connectivity index is 1.56. The Morgan fingerprint density at radius 1 is 1.30 bits per heavy atom. The normalized spacial score (nSPS) is 21.3. The number of anilines is 1. The maximum absolute atomic E-state index is 13.3. The highest BCUT2D eigenvalue weighted by molar-refractivity contribution is 9.10. The second-order valence-electron chi connectivity index (χ2n) is 6.66. The number of carbonyl (C=O) groups is 2. The number of pyridine rings is 2. The Bertz CT molecular complexity index is 962. The van der Waals surface area contributed by atoms with Crippen molar-refractivity contribution in [1.82, 2.24) is 15.3 Å². The molecular weight excluding hydrogens is 415 g/mol. The number of hydrogen-bond donors (Lipinski definition) is 2. The van der Waals surface area contributed by atoms with Gasteiger partial charge in [-0.15, -0.1) is 0 Å². The van der Waals surface area contributed by atoms with Crippen LogP contribution in [-0.4, -0.2) is 21.8 Å². The van der Waals surface area contributed by atoms with Crippen LogP contribution in [0.4, 0.5) is 10.1 Å². The number of allylic oxidation sites excluding steroid dienone is 2. The fourth-order valence-corrected chi connectivity index (χ4v) is 3.96. The Kier molecular flexibility index (Phi) is 4.73. The molecule has 2 unspecified atom stereocenters. The molecule has 0 aromatic carbocycles. The quantitative estimate of drug-likeness (QED) is 0.729. The lowest BCUT2D eigenvalue weighted by Crippen LogP contribution is -2.19. The Morgan fingerprint density at radius 3 is 2.96 bits per heavy atom. The highest BCUT2D eigenvalue weighted by atomic mass is 79.9. The number of carbonyl (C=O) groups excluding carboxylic acids is 2. The van der Waals surface area contributed by atoms with Gasteiger partial charge in [0.15, 0.2) is 5.82 Å². The summed E-state index contributed by atoms with van der Waals surface area (Å²) in [7, 11) is 0.